The van der Waals surface area contributed by atoms with Crippen LogP contribution >= 0.6 is 0 Å². The third-order valence-electron chi connectivity index (χ3n) is 5.54. The Morgan fingerprint density at radius 3 is 2.54 bits per heavy atom. The zero-order valence-corrected chi connectivity index (χ0v) is 16.1. The fourth-order valence-corrected chi connectivity index (χ4v) is 4.73. The van der Waals surface area contributed by atoms with E-state index in [9.17, 15) is 17.2 Å². The molecule has 7 heteroatoms. The predicted molar refractivity (Wildman–Crippen MR) is 105 cm³/mol. The number of alkyl halides is 2. The molecule has 0 saturated heterocycles. The number of hydrogen-bond donors (Lipinski definition) is 2. The molecular formula is C21H22F2N2O2S. The predicted octanol–water partition coefficient (Wildman–Crippen LogP) is 3.37. The van der Waals surface area contributed by atoms with E-state index in [0.717, 1.165) is 24.9 Å². The summed E-state index contributed by atoms with van der Waals surface area (Å²) >= 11 is 0. The Labute approximate surface area is 163 Å². The van der Waals surface area contributed by atoms with Gasteiger partial charge >= 0.3 is 0 Å². The number of halogens is 2. The second kappa shape index (κ2) is 6.76. The van der Waals surface area contributed by atoms with Gasteiger partial charge in [0.2, 0.25) is 10.0 Å². The molecule has 0 radical (unpaired) electrons. The van der Waals surface area contributed by atoms with E-state index in [0.29, 0.717) is 22.7 Å². The van der Waals surface area contributed by atoms with Gasteiger partial charge in [0.05, 0.1) is 10.8 Å². The van der Waals surface area contributed by atoms with Gasteiger partial charge in [-0.3, -0.25) is 0 Å². The van der Waals surface area contributed by atoms with E-state index in [1.54, 1.807) is 6.07 Å². The summed E-state index contributed by atoms with van der Waals surface area (Å²) in [4.78, 5) is -0.0421. The van der Waals surface area contributed by atoms with Crippen LogP contribution in [0.5, 0.6) is 0 Å². The summed E-state index contributed by atoms with van der Waals surface area (Å²) in [5.74, 6) is -3.58. The maximum absolute atomic E-state index is 13.5. The molecule has 148 valence electrons. The first-order valence-corrected chi connectivity index (χ1v) is 10.7. The maximum atomic E-state index is 13.5. The number of primary sulfonamides is 1. The van der Waals surface area contributed by atoms with E-state index in [-0.39, 0.29) is 11.3 Å². The second-order valence-electron chi connectivity index (χ2n) is 7.60. The fraction of sp³-hybridized carbons (Fsp3) is 0.333. The summed E-state index contributed by atoms with van der Waals surface area (Å²) in [7, 11) is -3.98. The molecule has 3 N–H and O–H groups in total. The Bertz CT molecular complexity index is 1050. The minimum atomic E-state index is -3.98. The fourth-order valence-electron chi connectivity index (χ4n) is 3.99. The number of fused-ring (bicyclic) bond motifs is 1. The highest BCUT2D eigenvalue weighted by Gasteiger charge is 2.57. The molecule has 2 aromatic carbocycles. The van der Waals surface area contributed by atoms with Crippen LogP contribution in [0.1, 0.15) is 29.0 Å². The van der Waals surface area contributed by atoms with E-state index in [1.165, 1.54) is 17.7 Å². The summed E-state index contributed by atoms with van der Waals surface area (Å²) < 4.78 is 51.2. The van der Waals surface area contributed by atoms with Gasteiger partial charge in [0, 0.05) is 24.6 Å². The molecule has 0 spiro atoms. The van der Waals surface area contributed by atoms with Crippen molar-refractivity contribution in [2.24, 2.45) is 5.14 Å². The van der Waals surface area contributed by atoms with Crippen LogP contribution in [-0.4, -0.2) is 26.9 Å². The summed E-state index contributed by atoms with van der Waals surface area (Å²) in [5, 5.41) is 8.78. The first kappa shape index (κ1) is 19.2. The number of nitrogens with two attached hydrogens (primary N) is 1. The van der Waals surface area contributed by atoms with Crippen LogP contribution in [0.25, 0.3) is 11.1 Å². The van der Waals surface area contributed by atoms with Crippen LogP contribution in [0.15, 0.2) is 53.9 Å². The maximum Gasteiger partial charge on any atom is 0.255 e. The molecule has 0 bridgehead atoms. The number of sulfonamides is 1. The van der Waals surface area contributed by atoms with Crippen LogP contribution < -0.4 is 10.5 Å². The SMILES string of the molecule is C=CCN[C@@H]1Cc2ccc(-c3cc(C4CC4(F)F)ccc3S(N)(=O)=O)cc2C1. The quantitative estimate of drug-likeness (QED) is 0.725. The van der Waals surface area contributed by atoms with Crippen molar-refractivity contribution >= 4 is 10.0 Å². The molecule has 1 fully saturated rings. The topological polar surface area (TPSA) is 72.2 Å². The molecular weight excluding hydrogens is 382 g/mol. The van der Waals surface area contributed by atoms with Gasteiger partial charge in [0.25, 0.3) is 5.92 Å². The highest BCUT2D eigenvalue weighted by molar-refractivity contribution is 7.89. The molecule has 2 aliphatic carbocycles. The molecule has 2 atom stereocenters. The lowest BCUT2D eigenvalue weighted by atomic mass is 9.98. The van der Waals surface area contributed by atoms with Crippen molar-refractivity contribution in [2.75, 3.05) is 6.54 Å². The number of hydrogen-bond acceptors (Lipinski definition) is 3. The monoisotopic (exact) mass is 404 g/mol. The van der Waals surface area contributed by atoms with Crippen molar-refractivity contribution in [2.45, 2.75) is 42.0 Å². The van der Waals surface area contributed by atoms with Gasteiger partial charge in [-0.05, 0) is 47.2 Å². The highest BCUT2D eigenvalue weighted by Crippen LogP contribution is 2.56. The standard InChI is InChI=1S/C21H22F2N2O2S/c1-2-7-25-17-9-13-3-4-14(8-16(13)10-17)18-11-15(19-12-21(19,22)23)5-6-20(18)28(24,26)27/h2-6,8,11,17,19,25H,1,7,9-10,12H2,(H2,24,26,27)/t17-,19?/m1/s1. The lowest BCUT2D eigenvalue weighted by Gasteiger charge is -2.12. The van der Waals surface area contributed by atoms with Crippen LogP contribution in [0.4, 0.5) is 8.78 Å². The molecule has 0 heterocycles. The second-order valence-corrected chi connectivity index (χ2v) is 9.13. The molecule has 2 aliphatic rings. The van der Waals surface area contributed by atoms with Crippen LogP contribution in [0.3, 0.4) is 0 Å². The van der Waals surface area contributed by atoms with Crippen molar-refractivity contribution in [3.8, 4) is 11.1 Å². The Morgan fingerprint density at radius 2 is 1.89 bits per heavy atom. The van der Waals surface area contributed by atoms with E-state index >= 15 is 0 Å². The molecule has 1 unspecified atom stereocenters. The van der Waals surface area contributed by atoms with Crippen LogP contribution in [0, 0.1) is 0 Å². The third kappa shape index (κ3) is 3.62. The first-order valence-electron chi connectivity index (χ1n) is 9.20. The average Bonchev–Trinajstić information content (AvgIpc) is 3.09. The summed E-state index contributed by atoms with van der Waals surface area (Å²) in [5.41, 5.74) is 3.83. The van der Waals surface area contributed by atoms with Crippen molar-refractivity contribution in [3.05, 3.63) is 65.7 Å². The molecule has 1 saturated carbocycles. The van der Waals surface area contributed by atoms with Crippen molar-refractivity contribution in [1.29, 1.82) is 0 Å². The molecule has 28 heavy (non-hydrogen) atoms. The van der Waals surface area contributed by atoms with Gasteiger partial charge in [0.15, 0.2) is 0 Å². The molecule has 2 aromatic rings. The van der Waals surface area contributed by atoms with Gasteiger partial charge in [-0.2, -0.15) is 0 Å². The molecule has 0 amide bonds. The summed E-state index contributed by atoms with van der Waals surface area (Å²) in [6.07, 6.45) is 3.32. The van der Waals surface area contributed by atoms with E-state index in [2.05, 4.69) is 11.9 Å². The Balaban J connectivity index is 1.73. The van der Waals surface area contributed by atoms with Gasteiger partial charge in [-0.15, -0.1) is 6.58 Å². The van der Waals surface area contributed by atoms with Crippen LogP contribution in [-0.2, 0) is 22.9 Å². The average molecular weight is 404 g/mol. The normalized spacial score (nSPS) is 22.7. The number of benzene rings is 2. The minimum Gasteiger partial charge on any atom is -0.310 e. The Kier molecular flexibility index (Phi) is 4.64. The van der Waals surface area contributed by atoms with Gasteiger partial charge < -0.3 is 5.32 Å². The van der Waals surface area contributed by atoms with Gasteiger partial charge in [0.1, 0.15) is 0 Å². The van der Waals surface area contributed by atoms with E-state index < -0.39 is 21.9 Å². The van der Waals surface area contributed by atoms with Crippen LogP contribution in [0.2, 0.25) is 0 Å². The molecule has 4 rings (SSSR count). The lowest BCUT2D eigenvalue weighted by molar-refractivity contribution is 0.112. The molecule has 0 aliphatic heterocycles. The Hall–Kier alpha value is -2.09. The van der Waals surface area contributed by atoms with Crippen molar-refractivity contribution in [1.82, 2.24) is 5.32 Å². The van der Waals surface area contributed by atoms with Gasteiger partial charge in [-0.25, -0.2) is 22.3 Å². The third-order valence-corrected chi connectivity index (χ3v) is 6.51. The highest BCUT2D eigenvalue weighted by atomic mass is 32.2. The van der Waals surface area contributed by atoms with Gasteiger partial charge in [-0.1, -0.05) is 30.3 Å². The zero-order valence-electron chi connectivity index (χ0n) is 15.3. The largest absolute Gasteiger partial charge is 0.310 e. The van der Waals surface area contributed by atoms with E-state index in [4.69, 9.17) is 5.14 Å². The minimum absolute atomic E-state index is 0.0421. The summed E-state index contributed by atoms with van der Waals surface area (Å²) in [6.45, 7) is 4.43. The van der Waals surface area contributed by atoms with Crippen molar-refractivity contribution < 1.29 is 17.2 Å². The smallest absolute Gasteiger partial charge is 0.255 e. The van der Waals surface area contributed by atoms with E-state index in [1.807, 2.05) is 24.3 Å². The zero-order chi connectivity index (χ0) is 20.1. The first-order chi connectivity index (χ1) is 13.2. The number of rotatable bonds is 6. The lowest BCUT2D eigenvalue weighted by Crippen LogP contribution is -2.29. The number of nitrogens with one attached hydrogen (secondary N) is 1. The molecule has 0 aromatic heterocycles. The molecule has 4 nitrogen and oxygen atoms in total. The Morgan fingerprint density at radius 1 is 1.18 bits per heavy atom. The summed E-state index contributed by atoms with van der Waals surface area (Å²) in [6, 6.07) is 10.4. The van der Waals surface area contributed by atoms with Crippen molar-refractivity contribution in [3.63, 3.8) is 0 Å².